The van der Waals surface area contributed by atoms with Crippen molar-refractivity contribution < 1.29 is 0 Å². The van der Waals surface area contributed by atoms with Crippen LogP contribution in [0.25, 0.3) is 0 Å². The fourth-order valence-corrected chi connectivity index (χ4v) is 2.53. The minimum absolute atomic E-state index is 0.322. The lowest BCUT2D eigenvalue weighted by Crippen LogP contribution is -2.60. The molecular weight excluding hydrogens is 172 g/mol. The van der Waals surface area contributed by atoms with Crippen LogP contribution in [0.3, 0.4) is 0 Å². The molecule has 1 aliphatic heterocycles. The minimum Gasteiger partial charge on any atom is -0.296 e. The van der Waals surface area contributed by atoms with Crippen molar-refractivity contribution in [1.29, 1.82) is 0 Å². The van der Waals surface area contributed by atoms with Gasteiger partial charge in [-0.15, -0.1) is 0 Å². The first kappa shape index (κ1) is 12.0. The Morgan fingerprint density at radius 2 is 1.50 bits per heavy atom. The van der Waals surface area contributed by atoms with Crippen LogP contribution < -0.4 is 0 Å². The summed E-state index contributed by atoms with van der Waals surface area (Å²) in [6, 6.07) is 1.39. The van der Waals surface area contributed by atoms with Crippen molar-refractivity contribution in [2.24, 2.45) is 0 Å². The molecule has 0 unspecified atom stereocenters. The van der Waals surface area contributed by atoms with Gasteiger partial charge >= 0.3 is 0 Å². The molecule has 0 aliphatic carbocycles. The lowest BCUT2D eigenvalue weighted by atomic mass is 9.99. The van der Waals surface area contributed by atoms with Gasteiger partial charge in [-0.25, -0.2) is 0 Å². The van der Waals surface area contributed by atoms with Gasteiger partial charge < -0.3 is 0 Å². The van der Waals surface area contributed by atoms with E-state index in [1.54, 1.807) is 0 Å². The van der Waals surface area contributed by atoms with Gasteiger partial charge in [0.1, 0.15) is 0 Å². The molecule has 14 heavy (non-hydrogen) atoms. The molecule has 2 heteroatoms. The zero-order chi connectivity index (χ0) is 10.9. The first-order valence-electron chi connectivity index (χ1n) is 5.87. The van der Waals surface area contributed by atoms with Crippen LogP contribution in [0.5, 0.6) is 0 Å². The molecule has 1 fully saturated rings. The van der Waals surface area contributed by atoms with Gasteiger partial charge in [-0.2, -0.15) is 0 Å². The molecule has 0 aromatic heterocycles. The van der Waals surface area contributed by atoms with Crippen LogP contribution in [-0.4, -0.2) is 47.1 Å². The summed E-state index contributed by atoms with van der Waals surface area (Å²) in [6.45, 7) is 17.5. The van der Waals surface area contributed by atoms with Crippen molar-refractivity contribution >= 4 is 0 Å². The van der Waals surface area contributed by atoms with Crippen LogP contribution in [0.2, 0.25) is 0 Å². The molecule has 0 saturated carbocycles. The minimum atomic E-state index is 0.322. The SMILES string of the molecule is CCN1[C@H](C)CN(C(C)(C)C)C[C@@H]1C. The van der Waals surface area contributed by atoms with Gasteiger partial charge in [0, 0.05) is 30.7 Å². The second kappa shape index (κ2) is 4.19. The molecule has 1 saturated heterocycles. The summed E-state index contributed by atoms with van der Waals surface area (Å²) in [5, 5.41) is 0. The van der Waals surface area contributed by atoms with Crippen LogP contribution in [0.15, 0.2) is 0 Å². The first-order chi connectivity index (χ1) is 6.36. The maximum Gasteiger partial charge on any atom is 0.0198 e. The van der Waals surface area contributed by atoms with Crippen molar-refractivity contribution in [1.82, 2.24) is 9.80 Å². The quantitative estimate of drug-likeness (QED) is 0.637. The third-order valence-electron chi connectivity index (χ3n) is 3.42. The van der Waals surface area contributed by atoms with Gasteiger partial charge in [0.05, 0.1) is 0 Å². The highest BCUT2D eigenvalue weighted by Gasteiger charge is 2.33. The molecule has 2 nitrogen and oxygen atoms in total. The standard InChI is InChI=1S/C12H26N2/c1-7-14-10(2)8-13(9-11(14)3)12(4,5)6/h10-11H,7-9H2,1-6H3/t10-,11+. The van der Waals surface area contributed by atoms with Gasteiger partial charge in [0.2, 0.25) is 0 Å². The Hall–Kier alpha value is -0.0800. The molecule has 1 aliphatic rings. The molecule has 84 valence electrons. The first-order valence-corrected chi connectivity index (χ1v) is 5.87. The van der Waals surface area contributed by atoms with Gasteiger partial charge in [-0.1, -0.05) is 6.92 Å². The Morgan fingerprint density at radius 3 is 1.79 bits per heavy atom. The lowest BCUT2D eigenvalue weighted by molar-refractivity contribution is -0.00245. The Morgan fingerprint density at radius 1 is 1.07 bits per heavy atom. The number of rotatable bonds is 1. The third-order valence-corrected chi connectivity index (χ3v) is 3.42. The number of hydrogen-bond acceptors (Lipinski definition) is 2. The van der Waals surface area contributed by atoms with Crippen molar-refractivity contribution in [3.8, 4) is 0 Å². The zero-order valence-corrected chi connectivity index (χ0v) is 10.7. The van der Waals surface area contributed by atoms with Gasteiger partial charge in [0.25, 0.3) is 0 Å². The van der Waals surface area contributed by atoms with Gasteiger partial charge in [-0.05, 0) is 41.2 Å². The molecule has 0 spiro atoms. The summed E-state index contributed by atoms with van der Waals surface area (Å²) in [5.41, 5.74) is 0.322. The molecule has 0 N–H and O–H groups in total. The fourth-order valence-electron chi connectivity index (χ4n) is 2.53. The van der Waals surface area contributed by atoms with Crippen molar-refractivity contribution in [3.05, 3.63) is 0 Å². The van der Waals surface area contributed by atoms with E-state index in [1.165, 1.54) is 19.6 Å². The summed E-state index contributed by atoms with van der Waals surface area (Å²) < 4.78 is 0. The molecular formula is C12H26N2. The van der Waals surface area contributed by atoms with Gasteiger partial charge in [0.15, 0.2) is 0 Å². The maximum absolute atomic E-state index is 2.61. The summed E-state index contributed by atoms with van der Waals surface area (Å²) in [4.78, 5) is 5.21. The molecule has 0 aromatic carbocycles. The predicted molar refractivity (Wildman–Crippen MR) is 62.6 cm³/mol. The Labute approximate surface area is 89.3 Å². The van der Waals surface area contributed by atoms with E-state index in [0.29, 0.717) is 17.6 Å². The highest BCUT2D eigenvalue weighted by molar-refractivity contribution is 4.89. The average molecular weight is 198 g/mol. The Bertz CT molecular complexity index is 171. The second-order valence-corrected chi connectivity index (χ2v) is 5.60. The van der Waals surface area contributed by atoms with E-state index in [2.05, 4.69) is 51.3 Å². The second-order valence-electron chi connectivity index (χ2n) is 5.60. The highest BCUT2D eigenvalue weighted by atomic mass is 15.3. The fraction of sp³-hybridized carbons (Fsp3) is 1.00. The summed E-state index contributed by atoms with van der Waals surface area (Å²) in [6.07, 6.45) is 0. The van der Waals surface area contributed by atoms with Crippen LogP contribution in [0.1, 0.15) is 41.5 Å². The van der Waals surface area contributed by atoms with E-state index in [1.807, 2.05) is 0 Å². The van der Waals surface area contributed by atoms with Crippen LogP contribution >= 0.6 is 0 Å². The molecule has 0 bridgehead atoms. The van der Waals surface area contributed by atoms with E-state index < -0.39 is 0 Å². The third kappa shape index (κ3) is 2.48. The summed E-state index contributed by atoms with van der Waals surface area (Å²) >= 11 is 0. The summed E-state index contributed by atoms with van der Waals surface area (Å²) in [7, 11) is 0. The van der Waals surface area contributed by atoms with E-state index in [-0.39, 0.29) is 0 Å². The number of nitrogens with zero attached hydrogens (tertiary/aromatic N) is 2. The molecule has 2 atom stereocenters. The van der Waals surface area contributed by atoms with Crippen molar-refractivity contribution in [2.45, 2.75) is 59.2 Å². The highest BCUT2D eigenvalue weighted by Crippen LogP contribution is 2.22. The van der Waals surface area contributed by atoms with E-state index in [0.717, 1.165) is 0 Å². The average Bonchev–Trinajstić information content (AvgIpc) is 2.01. The largest absolute Gasteiger partial charge is 0.296 e. The normalized spacial score (nSPS) is 32.1. The van der Waals surface area contributed by atoms with Crippen LogP contribution in [-0.2, 0) is 0 Å². The van der Waals surface area contributed by atoms with Gasteiger partial charge in [-0.3, -0.25) is 9.80 Å². The maximum atomic E-state index is 2.61. The van der Waals surface area contributed by atoms with E-state index in [9.17, 15) is 0 Å². The molecule has 0 radical (unpaired) electrons. The topological polar surface area (TPSA) is 6.48 Å². The lowest BCUT2D eigenvalue weighted by Gasteiger charge is -2.49. The summed E-state index contributed by atoms with van der Waals surface area (Å²) in [5.74, 6) is 0. The number of hydrogen-bond donors (Lipinski definition) is 0. The number of piperazine rings is 1. The zero-order valence-electron chi connectivity index (χ0n) is 10.7. The van der Waals surface area contributed by atoms with E-state index >= 15 is 0 Å². The predicted octanol–water partition coefficient (Wildman–Crippen LogP) is 2.20. The van der Waals surface area contributed by atoms with Crippen LogP contribution in [0.4, 0.5) is 0 Å². The molecule has 0 aromatic rings. The van der Waals surface area contributed by atoms with Crippen molar-refractivity contribution in [2.75, 3.05) is 19.6 Å². The smallest absolute Gasteiger partial charge is 0.0198 e. The molecule has 0 amide bonds. The van der Waals surface area contributed by atoms with Crippen LogP contribution in [0, 0.1) is 0 Å². The Balaban J connectivity index is 2.65. The van der Waals surface area contributed by atoms with E-state index in [4.69, 9.17) is 0 Å². The Kier molecular flexibility index (Phi) is 3.59. The van der Waals surface area contributed by atoms with Crippen molar-refractivity contribution in [3.63, 3.8) is 0 Å². The molecule has 1 rings (SSSR count). The monoisotopic (exact) mass is 198 g/mol. The number of likely N-dealkylation sites (N-methyl/N-ethyl adjacent to an activating group) is 1. The molecule has 1 heterocycles.